The molecule has 2 N–H and O–H groups in total. The Morgan fingerprint density at radius 2 is 1.95 bits per heavy atom. The van der Waals surface area contributed by atoms with Gasteiger partial charge in [0.05, 0.1) is 18.2 Å². The molecule has 0 saturated heterocycles. The van der Waals surface area contributed by atoms with Crippen LogP contribution in [0.25, 0.3) is 0 Å². The van der Waals surface area contributed by atoms with Gasteiger partial charge in [0.1, 0.15) is 0 Å². The number of hydrogen-bond donors (Lipinski definition) is 2. The molecule has 0 bridgehead atoms. The third-order valence-corrected chi connectivity index (χ3v) is 2.65. The van der Waals surface area contributed by atoms with Gasteiger partial charge in [0, 0.05) is 6.54 Å². The first-order valence-corrected chi connectivity index (χ1v) is 5.78. The number of aromatic nitrogens is 2. The summed E-state index contributed by atoms with van der Waals surface area (Å²) in [6.07, 6.45) is -4.10. The first-order chi connectivity index (χ1) is 9.47. The lowest BCUT2D eigenvalue weighted by molar-refractivity contribution is -0.137. The lowest BCUT2D eigenvalue weighted by atomic mass is 10.1. The summed E-state index contributed by atoms with van der Waals surface area (Å²) in [7, 11) is 0. The summed E-state index contributed by atoms with van der Waals surface area (Å²) in [4.78, 5) is 3.78. The smallest absolute Gasteiger partial charge is 0.387 e. The van der Waals surface area contributed by atoms with Crippen molar-refractivity contribution in [2.24, 2.45) is 0 Å². The van der Waals surface area contributed by atoms with Gasteiger partial charge in [-0.3, -0.25) is 0 Å². The summed E-state index contributed by atoms with van der Waals surface area (Å²) in [6, 6.07) is 4.39. The van der Waals surface area contributed by atoms with Crippen LogP contribution in [0.1, 0.15) is 23.1 Å². The molecule has 0 spiro atoms. The minimum Gasteiger partial charge on any atom is -0.387 e. The maximum absolute atomic E-state index is 12.4. The van der Waals surface area contributed by atoms with E-state index < -0.39 is 17.8 Å². The first-order valence-electron chi connectivity index (χ1n) is 5.78. The highest BCUT2D eigenvalue weighted by atomic mass is 19.4. The fraction of sp³-hybridized carbons (Fsp3) is 0.333. The number of nitrogens with zero attached hydrogens (tertiary/aromatic N) is 2. The van der Waals surface area contributed by atoms with Gasteiger partial charge in [-0.15, -0.1) is 0 Å². The number of nitrogens with one attached hydrogen (secondary N) is 1. The van der Waals surface area contributed by atoms with E-state index in [2.05, 4.69) is 20.0 Å². The summed E-state index contributed by atoms with van der Waals surface area (Å²) in [5, 5.41) is 16.3. The molecule has 1 atom stereocenters. The van der Waals surface area contributed by atoms with Gasteiger partial charge in [-0.25, -0.2) is 0 Å². The third kappa shape index (κ3) is 3.78. The Bertz CT molecular complexity index is 526. The predicted octanol–water partition coefficient (Wildman–Crippen LogP) is 1.91. The van der Waals surface area contributed by atoms with E-state index in [-0.39, 0.29) is 6.54 Å². The van der Waals surface area contributed by atoms with Crippen molar-refractivity contribution in [3.05, 3.63) is 47.6 Å². The van der Waals surface area contributed by atoms with E-state index in [1.807, 2.05) is 0 Å². The van der Waals surface area contributed by atoms with Crippen LogP contribution in [0.2, 0.25) is 0 Å². The zero-order chi connectivity index (χ0) is 14.6. The molecule has 0 saturated carbocycles. The molecule has 5 nitrogen and oxygen atoms in total. The Hall–Kier alpha value is -1.93. The van der Waals surface area contributed by atoms with Crippen molar-refractivity contribution in [2.45, 2.75) is 18.8 Å². The molecular formula is C12H12F3N3O2. The molecular weight excluding hydrogens is 275 g/mol. The molecule has 1 unspecified atom stereocenters. The zero-order valence-electron chi connectivity index (χ0n) is 10.3. The minimum absolute atomic E-state index is 0.167. The highest BCUT2D eigenvalue weighted by Gasteiger charge is 2.30. The van der Waals surface area contributed by atoms with Crippen molar-refractivity contribution in [1.29, 1.82) is 0 Å². The molecule has 2 rings (SSSR count). The van der Waals surface area contributed by atoms with Crippen LogP contribution in [-0.2, 0) is 12.7 Å². The van der Waals surface area contributed by atoms with Gasteiger partial charge >= 0.3 is 6.18 Å². The maximum Gasteiger partial charge on any atom is 0.416 e. The summed E-state index contributed by atoms with van der Waals surface area (Å²) in [5.41, 5.74) is -0.341. The fourth-order valence-corrected chi connectivity index (χ4v) is 1.60. The SMILES string of the molecule is OC(CNCc1ncon1)c1ccc(C(F)(F)F)cc1. The second-order valence-electron chi connectivity index (χ2n) is 4.11. The number of aliphatic hydroxyl groups is 1. The molecule has 0 radical (unpaired) electrons. The van der Waals surface area contributed by atoms with E-state index in [0.717, 1.165) is 12.1 Å². The molecule has 8 heteroatoms. The lowest BCUT2D eigenvalue weighted by Gasteiger charge is -2.13. The number of benzene rings is 1. The lowest BCUT2D eigenvalue weighted by Crippen LogP contribution is -2.21. The molecule has 108 valence electrons. The van der Waals surface area contributed by atoms with E-state index >= 15 is 0 Å². The van der Waals surface area contributed by atoms with Crippen LogP contribution >= 0.6 is 0 Å². The quantitative estimate of drug-likeness (QED) is 0.879. The maximum atomic E-state index is 12.4. The van der Waals surface area contributed by atoms with Crippen LogP contribution in [0.4, 0.5) is 13.2 Å². The molecule has 1 aromatic carbocycles. The van der Waals surface area contributed by atoms with E-state index in [9.17, 15) is 18.3 Å². The van der Waals surface area contributed by atoms with Crippen LogP contribution in [0.15, 0.2) is 35.2 Å². The summed E-state index contributed by atoms with van der Waals surface area (Å²) in [5.74, 6) is 0.435. The zero-order valence-corrected chi connectivity index (χ0v) is 10.3. The Morgan fingerprint density at radius 1 is 1.25 bits per heavy atom. The highest BCUT2D eigenvalue weighted by Crippen LogP contribution is 2.29. The van der Waals surface area contributed by atoms with Gasteiger partial charge in [0.2, 0.25) is 6.39 Å². The minimum atomic E-state index is -4.37. The van der Waals surface area contributed by atoms with E-state index in [0.29, 0.717) is 17.9 Å². The molecule has 0 fully saturated rings. The highest BCUT2D eigenvalue weighted by molar-refractivity contribution is 5.26. The summed E-state index contributed by atoms with van der Waals surface area (Å²) in [6.45, 7) is 0.466. The second kappa shape index (κ2) is 6.02. The standard InChI is InChI=1S/C12H12F3N3O2/c13-12(14,15)9-3-1-8(2-4-9)10(19)5-16-6-11-17-7-20-18-11/h1-4,7,10,16,19H,5-6H2. The number of halogens is 3. The monoisotopic (exact) mass is 287 g/mol. The molecule has 0 aliphatic heterocycles. The van der Waals surface area contributed by atoms with Gasteiger partial charge in [-0.2, -0.15) is 18.2 Å². The van der Waals surface area contributed by atoms with Crippen LogP contribution < -0.4 is 5.32 Å². The Labute approximate surface area is 112 Å². The molecule has 0 aliphatic carbocycles. The predicted molar refractivity (Wildman–Crippen MR) is 62.4 cm³/mol. The van der Waals surface area contributed by atoms with Gasteiger partial charge < -0.3 is 14.9 Å². The van der Waals surface area contributed by atoms with Crippen LogP contribution in [0, 0.1) is 0 Å². The molecule has 1 heterocycles. The van der Waals surface area contributed by atoms with Gasteiger partial charge in [0.15, 0.2) is 5.82 Å². The van der Waals surface area contributed by atoms with Crippen molar-refractivity contribution in [3.63, 3.8) is 0 Å². The molecule has 20 heavy (non-hydrogen) atoms. The average molecular weight is 287 g/mol. The largest absolute Gasteiger partial charge is 0.416 e. The summed E-state index contributed by atoms with van der Waals surface area (Å²) < 4.78 is 41.7. The van der Waals surface area contributed by atoms with E-state index in [4.69, 9.17) is 0 Å². The fourth-order valence-electron chi connectivity index (χ4n) is 1.60. The molecule has 1 aromatic heterocycles. The van der Waals surface area contributed by atoms with Crippen molar-refractivity contribution >= 4 is 0 Å². The van der Waals surface area contributed by atoms with Crippen molar-refractivity contribution in [2.75, 3.05) is 6.54 Å². The number of aliphatic hydroxyl groups excluding tert-OH is 1. The van der Waals surface area contributed by atoms with Crippen molar-refractivity contribution in [3.8, 4) is 0 Å². The van der Waals surface area contributed by atoms with E-state index in [1.165, 1.54) is 18.5 Å². The third-order valence-electron chi connectivity index (χ3n) is 2.65. The first kappa shape index (κ1) is 14.5. The molecule has 0 aliphatic rings. The number of alkyl halides is 3. The topological polar surface area (TPSA) is 71.2 Å². The average Bonchev–Trinajstić information content (AvgIpc) is 2.91. The summed E-state index contributed by atoms with van der Waals surface area (Å²) >= 11 is 0. The molecule has 2 aromatic rings. The van der Waals surface area contributed by atoms with Gasteiger partial charge in [-0.1, -0.05) is 17.3 Å². The van der Waals surface area contributed by atoms with E-state index in [1.54, 1.807) is 0 Å². The Balaban J connectivity index is 1.87. The van der Waals surface area contributed by atoms with Crippen LogP contribution in [0.3, 0.4) is 0 Å². The second-order valence-corrected chi connectivity index (χ2v) is 4.11. The van der Waals surface area contributed by atoms with Crippen molar-refractivity contribution in [1.82, 2.24) is 15.5 Å². The van der Waals surface area contributed by atoms with Crippen LogP contribution in [-0.4, -0.2) is 21.8 Å². The Kier molecular flexibility index (Phi) is 4.35. The van der Waals surface area contributed by atoms with Crippen molar-refractivity contribution < 1.29 is 22.8 Å². The van der Waals surface area contributed by atoms with Crippen LogP contribution in [0.5, 0.6) is 0 Å². The molecule has 0 amide bonds. The van der Waals surface area contributed by atoms with Gasteiger partial charge in [-0.05, 0) is 17.7 Å². The normalized spacial score (nSPS) is 13.4. The number of hydrogen-bond acceptors (Lipinski definition) is 5. The number of rotatable bonds is 5. The Morgan fingerprint density at radius 3 is 2.50 bits per heavy atom. The van der Waals surface area contributed by atoms with Gasteiger partial charge in [0.25, 0.3) is 0 Å².